The molecule has 1 heterocycles. The molecule has 3 nitrogen and oxygen atoms in total. The average molecular weight is 251 g/mol. The van der Waals surface area contributed by atoms with Gasteiger partial charge in [0.15, 0.2) is 0 Å². The minimum Gasteiger partial charge on any atom is -0.383 e. The Morgan fingerprint density at radius 3 is 2.92 bits per heavy atom. The van der Waals surface area contributed by atoms with Crippen molar-refractivity contribution in [2.24, 2.45) is 5.84 Å². The van der Waals surface area contributed by atoms with Crippen LogP contribution in [0.3, 0.4) is 0 Å². The molecule has 0 radical (unpaired) electrons. The number of thiophene rings is 1. The van der Waals surface area contributed by atoms with Gasteiger partial charge in [0.25, 0.3) is 0 Å². The number of rotatable bonds is 4. The van der Waals surface area contributed by atoms with E-state index in [1.165, 1.54) is 4.88 Å². The number of methoxy groups -OCH3 is 1. The minimum atomic E-state index is 0.0892. The summed E-state index contributed by atoms with van der Waals surface area (Å²) < 4.78 is 6.11. The predicted molar refractivity (Wildman–Crippen MR) is 54.0 cm³/mol. The van der Waals surface area contributed by atoms with Crippen LogP contribution in [-0.2, 0) is 4.74 Å². The van der Waals surface area contributed by atoms with Crippen LogP contribution in [0.1, 0.15) is 10.9 Å². The number of hydrazine groups is 1. The summed E-state index contributed by atoms with van der Waals surface area (Å²) in [5, 5.41) is 0. The summed E-state index contributed by atoms with van der Waals surface area (Å²) in [6, 6.07) is 4.12. The van der Waals surface area contributed by atoms with Gasteiger partial charge >= 0.3 is 0 Å². The molecule has 68 valence electrons. The highest BCUT2D eigenvalue weighted by Crippen LogP contribution is 2.26. The number of hydrogen-bond donors (Lipinski definition) is 2. The molecule has 1 rings (SSSR count). The van der Waals surface area contributed by atoms with E-state index in [1.54, 1.807) is 18.4 Å². The minimum absolute atomic E-state index is 0.0892. The van der Waals surface area contributed by atoms with Gasteiger partial charge in [-0.05, 0) is 28.1 Å². The molecule has 5 heteroatoms. The molecule has 1 unspecified atom stereocenters. The molecule has 0 saturated carbocycles. The van der Waals surface area contributed by atoms with Crippen molar-refractivity contribution in [1.29, 1.82) is 0 Å². The van der Waals surface area contributed by atoms with Crippen molar-refractivity contribution < 1.29 is 4.74 Å². The van der Waals surface area contributed by atoms with Gasteiger partial charge < -0.3 is 4.74 Å². The van der Waals surface area contributed by atoms with Crippen LogP contribution in [0.2, 0.25) is 0 Å². The quantitative estimate of drug-likeness (QED) is 0.632. The first-order valence-electron chi connectivity index (χ1n) is 3.48. The van der Waals surface area contributed by atoms with Crippen molar-refractivity contribution in [1.82, 2.24) is 5.43 Å². The van der Waals surface area contributed by atoms with Gasteiger partial charge in [0, 0.05) is 12.0 Å². The third-order valence-electron chi connectivity index (χ3n) is 1.47. The molecule has 1 aromatic heterocycles. The molecule has 0 aromatic carbocycles. The number of nitrogens with two attached hydrogens (primary N) is 1. The zero-order valence-corrected chi connectivity index (χ0v) is 9.11. The van der Waals surface area contributed by atoms with Crippen molar-refractivity contribution in [3.63, 3.8) is 0 Å². The molecule has 0 fully saturated rings. The van der Waals surface area contributed by atoms with E-state index < -0.39 is 0 Å². The largest absolute Gasteiger partial charge is 0.383 e. The summed E-state index contributed by atoms with van der Waals surface area (Å²) in [5.74, 6) is 5.36. The Labute approximate surface area is 84.0 Å². The van der Waals surface area contributed by atoms with Crippen molar-refractivity contribution in [3.05, 3.63) is 20.8 Å². The standard InChI is InChI=1S/C7H11BrN2OS/c1-11-4-5(10-9)6-2-3-7(8)12-6/h2-3,5,10H,4,9H2,1H3. The second kappa shape index (κ2) is 4.94. The smallest absolute Gasteiger partial charge is 0.0786 e. The molecular formula is C7H11BrN2OS. The monoisotopic (exact) mass is 250 g/mol. The number of ether oxygens (including phenoxy) is 1. The summed E-state index contributed by atoms with van der Waals surface area (Å²) in [4.78, 5) is 1.17. The van der Waals surface area contributed by atoms with Gasteiger partial charge in [-0.15, -0.1) is 11.3 Å². The Balaban J connectivity index is 2.66. The average Bonchev–Trinajstić information content (AvgIpc) is 2.47. The van der Waals surface area contributed by atoms with Crippen LogP contribution in [0.15, 0.2) is 15.9 Å². The van der Waals surface area contributed by atoms with Crippen LogP contribution in [0.4, 0.5) is 0 Å². The lowest BCUT2D eigenvalue weighted by Crippen LogP contribution is -2.30. The maximum absolute atomic E-state index is 5.36. The van der Waals surface area contributed by atoms with Gasteiger partial charge in [-0.1, -0.05) is 0 Å². The lowest BCUT2D eigenvalue weighted by Gasteiger charge is -2.11. The van der Waals surface area contributed by atoms with Crippen LogP contribution >= 0.6 is 27.3 Å². The van der Waals surface area contributed by atoms with Crippen molar-refractivity contribution in [2.45, 2.75) is 6.04 Å². The summed E-state index contributed by atoms with van der Waals surface area (Å²) in [5.41, 5.74) is 2.70. The Bertz CT molecular complexity index is 241. The lowest BCUT2D eigenvalue weighted by molar-refractivity contribution is 0.168. The fourth-order valence-corrected chi connectivity index (χ4v) is 2.36. The van der Waals surface area contributed by atoms with E-state index in [9.17, 15) is 0 Å². The Morgan fingerprint density at radius 2 is 2.50 bits per heavy atom. The molecule has 0 spiro atoms. The van der Waals surface area contributed by atoms with Gasteiger partial charge in [0.2, 0.25) is 0 Å². The van der Waals surface area contributed by atoms with Crippen LogP contribution in [0.25, 0.3) is 0 Å². The zero-order valence-electron chi connectivity index (χ0n) is 6.71. The van der Waals surface area contributed by atoms with E-state index in [2.05, 4.69) is 21.4 Å². The first kappa shape index (κ1) is 10.1. The second-order valence-electron chi connectivity index (χ2n) is 2.32. The fraction of sp³-hybridized carbons (Fsp3) is 0.429. The highest BCUT2D eigenvalue weighted by molar-refractivity contribution is 9.11. The van der Waals surface area contributed by atoms with Gasteiger partial charge in [0.05, 0.1) is 16.4 Å². The summed E-state index contributed by atoms with van der Waals surface area (Å²) in [7, 11) is 1.66. The molecule has 12 heavy (non-hydrogen) atoms. The SMILES string of the molecule is COCC(NN)c1ccc(Br)s1. The number of nitrogens with one attached hydrogen (secondary N) is 1. The van der Waals surface area contributed by atoms with E-state index in [0.717, 1.165) is 3.79 Å². The van der Waals surface area contributed by atoms with E-state index in [1.807, 2.05) is 12.1 Å². The van der Waals surface area contributed by atoms with Gasteiger partial charge in [0.1, 0.15) is 0 Å². The van der Waals surface area contributed by atoms with Crippen LogP contribution in [0.5, 0.6) is 0 Å². The molecule has 0 amide bonds. The van der Waals surface area contributed by atoms with E-state index in [0.29, 0.717) is 6.61 Å². The van der Waals surface area contributed by atoms with Crippen molar-refractivity contribution >= 4 is 27.3 Å². The summed E-state index contributed by atoms with van der Waals surface area (Å²) >= 11 is 5.04. The third-order valence-corrected chi connectivity index (χ3v) is 3.21. The summed E-state index contributed by atoms with van der Waals surface area (Å²) in [6.45, 7) is 0.587. The molecule has 0 aliphatic heterocycles. The van der Waals surface area contributed by atoms with Gasteiger partial charge in [-0.3, -0.25) is 5.84 Å². The van der Waals surface area contributed by atoms with E-state index >= 15 is 0 Å². The van der Waals surface area contributed by atoms with Gasteiger partial charge in [-0.2, -0.15) is 0 Å². The maximum Gasteiger partial charge on any atom is 0.0786 e. The topological polar surface area (TPSA) is 47.3 Å². The Hall–Kier alpha value is 0.0600. The highest BCUT2D eigenvalue weighted by atomic mass is 79.9. The summed E-state index contributed by atoms with van der Waals surface area (Å²) in [6.07, 6.45) is 0. The Kier molecular flexibility index (Phi) is 4.17. The third kappa shape index (κ3) is 2.53. The van der Waals surface area contributed by atoms with Crippen LogP contribution < -0.4 is 11.3 Å². The van der Waals surface area contributed by atoms with E-state index in [4.69, 9.17) is 10.6 Å². The molecule has 0 bridgehead atoms. The molecule has 0 aliphatic rings. The van der Waals surface area contributed by atoms with Crippen molar-refractivity contribution in [3.8, 4) is 0 Å². The molecular weight excluding hydrogens is 240 g/mol. The van der Waals surface area contributed by atoms with Crippen molar-refractivity contribution in [2.75, 3.05) is 13.7 Å². The molecule has 0 aliphatic carbocycles. The van der Waals surface area contributed by atoms with E-state index in [-0.39, 0.29) is 6.04 Å². The Morgan fingerprint density at radius 1 is 1.75 bits per heavy atom. The number of hydrogen-bond acceptors (Lipinski definition) is 4. The first-order chi connectivity index (χ1) is 5.77. The van der Waals surface area contributed by atoms with Crippen LogP contribution in [0, 0.1) is 0 Å². The first-order valence-corrected chi connectivity index (χ1v) is 5.09. The second-order valence-corrected chi connectivity index (χ2v) is 4.81. The molecule has 1 aromatic rings. The fourth-order valence-electron chi connectivity index (χ4n) is 0.895. The molecule has 0 saturated heterocycles. The molecule has 3 N–H and O–H groups in total. The highest BCUT2D eigenvalue weighted by Gasteiger charge is 2.10. The normalized spacial score (nSPS) is 13.2. The van der Waals surface area contributed by atoms with Crippen LogP contribution in [-0.4, -0.2) is 13.7 Å². The van der Waals surface area contributed by atoms with Gasteiger partial charge in [-0.25, -0.2) is 5.43 Å². The predicted octanol–water partition coefficient (Wildman–Crippen LogP) is 1.66. The lowest BCUT2D eigenvalue weighted by atomic mass is 10.3. The molecule has 1 atom stereocenters. The zero-order chi connectivity index (χ0) is 8.97. The number of halogens is 1. The maximum atomic E-state index is 5.36.